The molecular weight excluding hydrogens is 224 g/mol. The second-order valence-electron chi connectivity index (χ2n) is 3.65. The van der Waals surface area contributed by atoms with Crippen molar-refractivity contribution in [1.29, 1.82) is 0 Å². The number of carbonyl (C=O) groups excluding carboxylic acids is 1. The number of rotatable bonds is 5. The Balaban J connectivity index is 2.37. The molecule has 3 N–H and O–H groups in total. The molecule has 0 saturated heterocycles. The number of aliphatic carboxylic acids is 1. The number of carbonyl (C=O) groups is 2. The van der Waals surface area contributed by atoms with E-state index in [0.29, 0.717) is 12.2 Å². The third-order valence-corrected chi connectivity index (χ3v) is 2.31. The maximum atomic E-state index is 11.4. The smallest absolute Gasteiger partial charge is 0.320 e. The summed E-state index contributed by atoms with van der Waals surface area (Å²) in [5.74, 6) is -1.05. The van der Waals surface area contributed by atoms with Gasteiger partial charge in [-0.3, -0.25) is 14.8 Å². The summed E-state index contributed by atoms with van der Waals surface area (Å²) in [6, 6.07) is 1.19. The van der Waals surface area contributed by atoms with E-state index in [-0.39, 0.29) is 6.54 Å². The van der Waals surface area contributed by atoms with Gasteiger partial charge in [-0.05, 0) is 6.42 Å². The zero-order chi connectivity index (χ0) is 12.8. The molecule has 0 aliphatic rings. The average molecular weight is 240 g/mol. The van der Waals surface area contributed by atoms with E-state index in [9.17, 15) is 9.59 Å². The molecule has 1 heterocycles. The fraction of sp³-hybridized carbons (Fsp3) is 0.500. The molecule has 1 atom stereocenters. The van der Waals surface area contributed by atoms with Crippen molar-refractivity contribution < 1.29 is 14.7 Å². The first kappa shape index (κ1) is 13.0. The summed E-state index contributed by atoms with van der Waals surface area (Å²) in [5.41, 5.74) is 0. The van der Waals surface area contributed by atoms with Gasteiger partial charge >= 0.3 is 12.0 Å². The summed E-state index contributed by atoms with van der Waals surface area (Å²) in [6.07, 6.45) is 2.17. The standard InChI is InChI=1S/C10H16N4O3/c1-3-7(9(15)16)6-11-10(17)12-8-4-5-14(2)13-8/h4-5,7H,3,6H2,1-2H3,(H,15,16)(H2,11,12,13,17). The van der Waals surface area contributed by atoms with E-state index >= 15 is 0 Å². The second-order valence-corrected chi connectivity index (χ2v) is 3.65. The van der Waals surface area contributed by atoms with Gasteiger partial charge in [0.25, 0.3) is 0 Å². The number of aromatic nitrogens is 2. The van der Waals surface area contributed by atoms with Crippen LogP contribution in [0.1, 0.15) is 13.3 Å². The number of aryl methyl sites for hydroxylation is 1. The molecule has 7 heteroatoms. The average Bonchev–Trinajstić information content (AvgIpc) is 2.64. The lowest BCUT2D eigenvalue weighted by Gasteiger charge is -2.10. The number of anilines is 1. The first-order chi connectivity index (χ1) is 8.02. The van der Waals surface area contributed by atoms with Crippen LogP contribution in [-0.4, -0.2) is 33.4 Å². The summed E-state index contributed by atoms with van der Waals surface area (Å²) >= 11 is 0. The maximum Gasteiger partial charge on any atom is 0.320 e. The molecular formula is C10H16N4O3. The molecule has 17 heavy (non-hydrogen) atoms. The molecule has 0 aliphatic heterocycles. The van der Waals surface area contributed by atoms with E-state index < -0.39 is 17.9 Å². The highest BCUT2D eigenvalue weighted by atomic mass is 16.4. The van der Waals surface area contributed by atoms with Crippen LogP contribution < -0.4 is 10.6 Å². The summed E-state index contributed by atoms with van der Waals surface area (Å²) in [6.45, 7) is 1.86. The number of amides is 2. The van der Waals surface area contributed by atoms with E-state index in [1.54, 1.807) is 30.9 Å². The van der Waals surface area contributed by atoms with Crippen molar-refractivity contribution in [3.8, 4) is 0 Å². The van der Waals surface area contributed by atoms with Gasteiger partial charge in [-0.25, -0.2) is 4.79 Å². The van der Waals surface area contributed by atoms with Crippen LogP contribution in [0.15, 0.2) is 12.3 Å². The number of hydrogen-bond acceptors (Lipinski definition) is 3. The molecule has 1 aromatic rings. The number of carboxylic acids is 1. The van der Waals surface area contributed by atoms with Gasteiger partial charge in [0.2, 0.25) is 0 Å². The predicted octanol–water partition coefficient (Wildman–Crippen LogP) is 0.652. The van der Waals surface area contributed by atoms with E-state index in [4.69, 9.17) is 5.11 Å². The largest absolute Gasteiger partial charge is 0.481 e. The van der Waals surface area contributed by atoms with E-state index in [0.717, 1.165) is 0 Å². The lowest BCUT2D eigenvalue weighted by Crippen LogP contribution is -2.35. The lowest BCUT2D eigenvalue weighted by molar-refractivity contribution is -0.141. The Morgan fingerprint density at radius 1 is 1.59 bits per heavy atom. The van der Waals surface area contributed by atoms with Crippen molar-refractivity contribution in [2.75, 3.05) is 11.9 Å². The maximum absolute atomic E-state index is 11.4. The minimum atomic E-state index is -0.911. The minimum Gasteiger partial charge on any atom is -0.481 e. The molecule has 0 saturated carbocycles. The van der Waals surface area contributed by atoms with E-state index in [1.807, 2.05) is 0 Å². The molecule has 0 spiro atoms. The Hall–Kier alpha value is -2.05. The molecule has 0 fully saturated rings. The molecule has 0 aliphatic carbocycles. The minimum absolute atomic E-state index is 0.102. The highest BCUT2D eigenvalue weighted by Gasteiger charge is 2.15. The van der Waals surface area contributed by atoms with Crippen molar-refractivity contribution in [1.82, 2.24) is 15.1 Å². The normalized spacial score (nSPS) is 11.9. The van der Waals surface area contributed by atoms with Crippen molar-refractivity contribution >= 4 is 17.8 Å². The SMILES string of the molecule is CCC(CNC(=O)Nc1ccn(C)n1)C(=O)O. The quantitative estimate of drug-likeness (QED) is 0.704. The van der Waals surface area contributed by atoms with Crippen LogP contribution in [0, 0.1) is 5.92 Å². The Labute approximate surface area is 98.8 Å². The van der Waals surface area contributed by atoms with Gasteiger partial charge in [0.15, 0.2) is 5.82 Å². The molecule has 1 unspecified atom stereocenters. The predicted molar refractivity (Wildman–Crippen MR) is 61.6 cm³/mol. The summed E-state index contributed by atoms with van der Waals surface area (Å²) < 4.78 is 1.56. The monoisotopic (exact) mass is 240 g/mol. The van der Waals surface area contributed by atoms with Crippen molar-refractivity contribution in [2.24, 2.45) is 13.0 Å². The number of nitrogens with one attached hydrogen (secondary N) is 2. The van der Waals surface area contributed by atoms with Crippen LogP contribution in [0.25, 0.3) is 0 Å². The fourth-order valence-corrected chi connectivity index (χ4v) is 1.26. The zero-order valence-corrected chi connectivity index (χ0v) is 9.80. The molecule has 94 valence electrons. The summed E-state index contributed by atoms with van der Waals surface area (Å²) in [4.78, 5) is 22.1. The number of hydrogen-bond donors (Lipinski definition) is 3. The Morgan fingerprint density at radius 3 is 2.76 bits per heavy atom. The zero-order valence-electron chi connectivity index (χ0n) is 9.80. The van der Waals surface area contributed by atoms with Gasteiger partial charge in [0.1, 0.15) is 0 Å². The van der Waals surface area contributed by atoms with Crippen LogP contribution in [0.5, 0.6) is 0 Å². The number of urea groups is 1. The van der Waals surface area contributed by atoms with Crippen LogP contribution in [-0.2, 0) is 11.8 Å². The van der Waals surface area contributed by atoms with Gasteiger partial charge in [-0.2, -0.15) is 5.10 Å². The van der Waals surface area contributed by atoms with Gasteiger partial charge in [-0.15, -0.1) is 0 Å². The highest BCUT2D eigenvalue weighted by Crippen LogP contribution is 2.02. The van der Waals surface area contributed by atoms with Gasteiger partial charge in [0.05, 0.1) is 5.92 Å². The van der Waals surface area contributed by atoms with Gasteiger partial charge in [-0.1, -0.05) is 6.92 Å². The molecule has 7 nitrogen and oxygen atoms in total. The Kier molecular flexibility index (Phi) is 4.50. The molecule has 1 aromatic heterocycles. The molecule has 0 bridgehead atoms. The molecule has 1 rings (SSSR count). The first-order valence-corrected chi connectivity index (χ1v) is 5.30. The van der Waals surface area contributed by atoms with Crippen molar-refractivity contribution in [2.45, 2.75) is 13.3 Å². The van der Waals surface area contributed by atoms with E-state index in [1.165, 1.54) is 0 Å². The summed E-state index contributed by atoms with van der Waals surface area (Å²) in [5, 5.41) is 17.8. The van der Waals surface area contributed by atoms with E-state index in [2.05, 4.69) is 15.7 Å². The third-order valence-electron chi connectivity index (χ3n) is 2.31. The second kappa shape index (κ2) is 5.88. The van der Waals surface area contributed by atoms with Gasteiger partial charge in [0, 0.05) is 25.9 Å². The van der Waals surface area contributed by atoms with Gasteiger partial charge < -0.3 is 10.4 Å². The van der Waals surface area contributed by atoms with Crippen LogP contribution in [0.3, 0.4) is 0 Å². The topological polar surface area (TPSA) is 96.3 Å². The highest BCUT2D eigenvalue weighted by molar-refractivity contribution is 5.88. The van der Waals surface area contributed by atoms with Crippen LogP contribution in [0.2, 0.25) is 0 Å². The Morgan fingerprint density at radius 2 is 2.29 bits per heavy atom. The molecule has 2 amide bonds. The third kappa shape index (κ3) is 4.13. The number of nitrogens with zero attached hydrogens (tertiary/aromatic N) is 2. The van der Waals surface area contributed by atoms with Crippen LogP contribution >= 0.6 is 0 Å². The van der Waals surface area contributed by atoms with Crippen molar-refractivity contribution in [3.63, 3.8) is 0 Å². The lowest BCUT2D eigenvalue weighted by atomic mass is 10.1. The fourth-order valence-electron chi connectivity index (χ4n) is 1.26. The first-order valence-electron chi connectivity index (χ1n) is 5.30. The Bertz CT molecular complexity index is 402. The van der Waals surface area contributed by atoms with Crippen LogP contribution in [0.4, 0.5) is 10.6 Å². The summed E-state index contributed by atoms with van der Waals surface area (Å²) in [7, 11) is 1.74. The molecule has 0 aromatic carbocycles. The van der Waals surface area contributed by atoms with Crippen molar-refractivity contribution in [3.05, 3.63) is 12.3 Å². The number of carboxylic acid groups (broad SMARTS) is 1. The molecule has 0 radical (unpaired) electrons.